The molecule has 5 nitrogen and oxygen atoms in total. The zero-order valence-electron chi connectivity index (χ0n) is 12.2. The molecular formula is C17H14FN3O2. The topological polar surface area (TPSA) is 68.1 Å². The van der Waals surface area contributed by atoms with Gasteiger partial charge in [0.2, 0.25) is 0 Å². The van der Waals surface area contributed by atoms with Gasteiger partial charge in [0.15, 0.2) is 0 Å². The number of aromatic nitrogens is 1. The Morgan fingerprint density at radius 3 is 2.65 bits per heavy atom. The summed E-state index contributed by atoms with van der Waals surface area (Å²) in [4.78, 5) is 14.3. The van der Waals surface area contributed by atoms with E-state index in [-0.39, 0.29) is 11.5 Å². The number of fused-ring (bicyclic) bond motifs is 1. The second kappa shape index (κ2) is 6.39. The third-order valence-electron chi connectivity index (χ3n) is 3.60. The van der Waals surface area contributed by atoms with E-state index in [9.17, 15) is 14.5 Å². The van der Waals surface area contributed by atoms with Gasteiger partial charge in [-0.1, -0.05) is 24.3 Å². The maximum absolute atomic E-state index is 13.7. The standard InChI is InChI=1S/C17H14FN3O2/c18-15-3-1-2-14-16(9-11-20-17(14)15)19-10-8-12-4-6-13(7-5-12)21(22)23/h1-7,9,11H,8,10H2,(H,19,20). The van der Waals surface area contributed by atoms with Gasteiger partial charge in [0, 0.05) is 35.9 Å². The van der Waals surface area contributed by atoms with Gasteiger partial charge in [-0.25, -0.2) is 4.39 Å². The largest absolute Gasteiger partial charge is 0.384 e. The second-order valence-electron chi connectivity index (χ2n) is 5.09. The number of hydrogen-bond acceptors (Lipinski definition) is 4. The van der Waals surface area contributed by atoms with Crippen LogP contribution in [0.15, 0.2) is 54.7 Å². The zero-order chi connectivity index (χ0) is 16.2. The smallest absolute Gasteiger partial charge is 0.269 e. The van der Waals surface area contributed by atoms with Crippen LogP contribution in [0.2, 0.25) is 0 Å². The lowest BCUT2D eigenvalue weighted by atomic mass is 10.1. The summed E-state index contributed by atoms with van der Waals surface area (Å²) < 4.78 is 13.7. The molecule has 1 aromatic heterocycles. The second-order valence-corrected chi connectivity index (χ2v) is 5.09. The van der Waals surface area contributed by atoms with Gasteiger partial charge in [-0.15, -0.1) is 0 Å². The monoisotopic (exact) mass is 311 g/mol. The molecule has 0 bridgehead atoms. The highest BCUT2D eigenvalue weighted by atomic mass is 19.1. The Morgan fingerprint density at radius 2 is 1.91 bits per heavy atom. The minimum atomic E-state index is -0.417. The van der Waals surface area contributed by atoms with Crippen molar-refractivity contribution in [2.24, 2.45) is 0 Å². The molecule has 2 aromatic carbocycles. The minimum Gasteiger partial charge on any atom is -0.384 e. The highest BCUT2D eigenvalue weighted by Gasteiger charge is 2.06. The fourth-order valence-electron chi connectivity index (χ4n) is 2.42. The zero-order valence-corrected chi connectivity index (χ0v) is 12.2. The van der Waals surface area contributed by atoms with Crippen molar-refractivity contribution < 1.29 is 9.31 Å². The van der Waals surface area contributed by atoms with E-state index in [2.05, 4.69) is 10.3 Å². The summed E-state index contributed by atoms with van der Waals surface area (Å²) in [6, 6.07) is 13.1. The number of para-hydroxylation sites is 1. The molecule has 23 heavy (non-hydrogen) atoms. The fraction of sp³-hybridized carbons (Fsp3) is 0.118. The number of rotatable bonds is 5. The number of benzene rings is 2. The number of non-ortho nitro benzene ring substituents is 1. The number of nitro benzene ring substituents is 1. The fourth-order valence-corrected chi connectivity index (χ4v) is 2.42. The molecule has 0 amide bonds. The third-order valence-corrected chi connectivity index (χ3v) is 3.60. The first-order valence-electron chi connectivity index (χ1n) is 7.15. The molecule has 3 rings (SSSR count). The summed E-state index contributed by atoms with van der Waals surface area (Å²) in [5.74, 6) is -0.346. The molecule has 0 atom stereocenters. The van der Waals surface area contributed by atoms with E-state index >= 15 is 0 Å². The molecule has 6 heteroatoms. The number of anilines is 1. The van der Waals surface area contributed by atoms with Crippen LogP contribution >= 0.6 is 0 Å². The average molecular weight is 311 g/mol. The van der Waals surface area contributed by atoms with Crippen LogP contribution < -0.4 is 5.32 Å². The third kappa shape index (κ3) is 3.26. The Balaban J connectivity index is 1.69. The number of pyridine rings is 1. The molecule has 0 fully saturated rings. The van der Waals surface area contributed by atoms with Gasteiger partial charge in [-0.3, -0.25) is 15.1 Å². The molecule has 1 heterocycles. The molecule has 0 radical (unpaired) electrons. The first-order chi connectivity index (χ1) is 11.1. The number of halogens is 1. The summed E-state index contributed by atoms with van der Waals surface area (Å²) in [6.45, 7) is 0.632. The molecule has 1 N–H and O–H groups in total. The van der Waals surface area contributed by atoms with Crippen molar-refractivity contribution in [2.75, 3.05) is 11.9 Å². The highest BCUT2D eigenvalue weighted by Crippen LogP contribution is 2.23. The Kier molecular flexibility index (Phi) is 4.14. The summed E-state index contributed by atoms with van der Waals surface area (Å²) in [6.07, 6.45) is 2.27. The first kappa shape index (κ1) is 14.9. The quantitative estimate of drug-likeness (QED) is 0.572. The molecule has 0 unspecified atom stereocenters. The van der Waals surface area contributed by atoms with Crippen LogP contribution in [0.5, 0.6) is 0 Å². The first-order valence-corrected chi connectivity index (χ1v) is 7.15. The molecule has 116 valence electrons. The maximum atomic E-state index is 13.7. The van der Waals surface area contributed by atoms with Gasteiger partial charge >= 0.3 is 0 Å². The van der Waals surface area contributed by atoms with Gasteiger partial charge < -0.3 is 5.32 Å². The SMILES string of the molecule is O=[N+]([O-])c1ccc(CCNc2ccnc3c(F)cccc23)cc1. The van der Waals surface area contributed by atoms with E-state index in [0.717, 1.165) is 16.6 Å². The van der Waals surface area contributed by atoms with Crippen molar-refractivity contribution in [1.82, 2.24) is 4.98 Å². The van der Waals surface area contributed by atoms with Crippen LogP contribution in [0.3, 0.4) is 0 Å². The van der Waals surface area contributed by atoms with Crippen molar-refractivity contribution in [1.29, 1.82) is 0 Å². The van der Waals surface area contributed by atoms with Gasteiger partial charge in [0.05, 0.1) is 4.92 Å². The van der Waals surface area contributed by atoms with E-state index in [1.165, 1.54) is 18.2 Å². The van der Waals surface area contributed by atoms with Crippen molar-refractivity contribution >= 4 is 22.3 Å². The van der Waals surface area contributed by atoms with E-state index in [1.807, 2.05) is 6.07 Å². The van der Waals surface area contributed by atoms with E-state index in [0.29, 0.717) is 18.5 Å². The van der Waals surface area contributed by atoms with Crippen LogP contribution in [-0.4, -0.2) is 16.5 Å². The van der Waals surface area contributed by atoms with Crippen LogP contribution in [0, 0.1) is 15.9 Å². The van der Waals surface area contributed by atoms with Gasteiger partial charge in [0.1, 0.15) is 11.3 Å². The highest BCUT2D eigenvalue weighted by molar-refractivity contribution is 5.91. The van der Waals surface area contributed by atoms with E-state index < -0.39 is 4.92 Å². The number of nitrogens with one attached hydrogen (secondary N) is 1. The van der Waals surface area contributed by atoms with Gasteiger partial charge in [-0.05, 0) is 24.1 Å². The minimum absolute atomic E-state index is 0.0808. The molecule has 0 aliphatic heterocycles. The Morgan fingerprint density at radius 1 is 1.13 bits per heavy atom. The van der Waals surface area contributed by atoms with Crippen molar-refractivity contribution in [3.63, 3.8) is 0 Å². The predicted octanol–water partition coefficient (Wildman–Crippen LogP) is 3.94. The lowest BCUT2D eigenvalue weighted by Gasteiger charge is -2.09. The molecular weight excluding hydrogens is 297 g/mol. The van der Waals surface area contributed by atoms with Crippen LogP contribution in [0.25, 0.3) is 10.9 Å². The summed E-state index contributed by atoms with van der Waals surface area (Å²) in [7, 11) is 0. The maximum Gasteiger partial charge on any atom is 0.269 e. The summed E-state index contributed by atoms with van der Waals surface area (Å²) >= 11 is 0. The number of nitrogens with zero attached hydrogens (tertiary/aromatic N) is 2. The van der Waals surface area contributed by atoms with E-state index in [4.69, 9.17) is 0 Å². The predicted molar refractivity (Wildman–Crippen MR) is 87.0 cm³/mol. The Hall–Kier alpha value is -3.02. The lowest BCUT2D eigenvalue weighted by molar-refractivity contribution is -0.384. The lowest BCUT2D eigenvalue weighted by Crippen LogP contribution is -2.05. The van der Waals surface area contributed by atoms with Crippen molar-refractivity contribution in [2.45, 2.75) is 6.42 Å². The molecule has 0 saturated carbocycles. The molecule has 0 aliphatic rings. The average Bonchev–Trinajstić information content (AvgIpc) is 2.56. The van der Waals surface area contributed by atoms with Crippen molar-refractivity contribution in [3.05, 3.63) is 76.2 Å². The molecule has 3 aromatic rings. The van der Waals surface area contributed by atoms with Crippen molar-refractivity contribution in [3.8, 4) is 0 Å². The number of hydrogen-bond donors (Lipinski definition) is 1. The normalized spacial score (nSPS) is 10.7. The molecule has 0 saturated heterocycles. The summed E-state index contributed by atoms with van der Waals surface area (Å²) in [5, 5.41) is 14.6. The van der Waals surface area contributed by atoms with Crippen LogP contribution in [0.4, 0.5) is 15.8 Å². The van der Waals surface area contributed by atoms with Gasteiger partial charge in [0.25, 0.3) is 5.69 Å². The van der Waals surface area contributed by atoms with Gasteiger partial charge in [-0.2, -0.15) is 0 Å². The van der Waals surface area contributed by atoms with Crippen LogP contribution in [-0.2, 0) is 6.42 Å². The number of nitro groups is 1. The molecule has 0 aliphatic carbocycles. The Labute approximate surface area is 131 Å². The molecule has 0 spiro atoms. The van der Waals surface area contributed by atoms with Crippen LogP contribution in [0.1, 0.15) is 5.56 Å². The summed E-state index contributed by atoms with van der Waals surface area (Å²) in [5.41, 5.74) is 2.23. The Bertz CT molecular complexity index is 850. The van der Waals surface area contributed by atoms with E-state index in [1.54, 1.807) is 30.5 Å².